The fourth-order valence-electron chi connectivity index (χ4n) is 11.9. The van der Waals surface area contributed by atoms with Crippen molar-refractivity contribution in [1.82, 2.24) is 34.9 Å². The van der Waals surface area contributed by atoms with E-state index in [0.717, 1.165) is 78.8 Å². The molecule has 0 fully saturated rings. The number of nitrogens with zero attached hydrogens (tertiary/aromatic N) is 7. The number of pyridine rings is 7. The maximum Gasteiger partial charge on any atom is 0.155 e. The second kappa shape index (κ2) is 52.8. The van der Waals surface area contributed by atoms with Crippen LogP contribution in [0.2, 0.25) is 0 Å². The number of aliphatic hydroxyl groups excluding tert-OH is 1. The number of hydrogen-bond acceptors (Lipinski definition) is 9. The molecule has 7 aromatic heterocycles. The van der Waals surface area contributed by atoms with Crippen molar-refractivity contribution in [2.24, 2.45) is 0 Å². The Bertz CT molecular complexity index is 5290. The van der Waals surface area contributed by atoms with Crippen LogP contribution in [0.4, 0.5) is 0 Å². The average Bonchev–Trinajstić information content (AvgIpc) is 0.832. The summed E-state index contributed by atoms with van der Waals surface area (Å²) in [4.78, 5) is 40.5. The van der Waals surface area contributed by atoms with Crippen LogP contribution in [0.1, 0.15) is 52.8 Å². The molecule has 9 nitrogen and oxygen atoms in total. The molecule has 0 saturated carbocycles. The predicted molar refractivity (Wildman–Crippen MR) is 476 cm³/mol. The molecule has 4 radical (unpaired) electrons. The summed E-state index contributed by atoms with van der Waals surface area (Å²) >= 11 is 0. The van der Waals surface area contributed by atoms with Gasteiger partial charge >= 0.3 is 0 Å². The van der Waals surface area contributed by atoms with Gasteiger partial charge in [-0.3, -0.25) is 4.79 Å². The molecule has 0 saturated heterocycles. The molecule has 0 aliphatic heterocycles. The Balaban J connectivity index is 0.000000215. The van der Waals surface area contributed by atoms with E-state index in [-0.39, 0.29) is 92.0 Å². The third-order valence-corrected chi connectivity index (χ3v) is 17.3. The topological polar surface area (TPSA) is 128 Å². The molecule has 13 heteroatoms. The number of allylic oxidation sites excluding steroid dienone is 2. The molecule has 120 heavy (non-hydrogen) atoms. The molecule has 17 rings (SSSR count). The zero-order valence-corrected chi connectivity index (χ0v) is 77.7. The van der Waals surface area contributed by atoms with Crippen molar-refractivity contribution in [1.29, 1.82) is 0 Å². The van der Waals surface area contributed by atoms with Gasteiger partial charge in [0.05, 0.1) is 5.76 Å². The number of rotatable bonds is 11. The predicted octanol–water partition coefficient (Wildman–Crippen LogP) is 26.0. The molecule has 0 unspecified atom stereocenters. The van der Waals surface area contributed by atoms with Gasteiger partial charge in [0.15, 0.2) is 5.78 Å². The first-order valence-electron chi connectivity index (χ1n) is 38.0. The monoisotopic (exact) mass is 2280 g/mol. The van der Waals surface area contributed by atoms with Crippen molar-refractivity contribution in [3.05, 3.63) is 464 Å². The van der Waals surface area contributed by atoms with E-state index in [1.54, 1.807) is 18.6 Å². The standard InChI is InChI=1S/2C19H16N.C18H14N.C13H12N.3C11H8N.C5H8O2.4Ir/c2*1-14-10-15(2)12-18(11-14)17-8-9-20-19(13-17)16-6-4-3-5-7-16;1-14-12-18(16-10-6-3-7-11-16)19-13-17(14)15-8-4-2-5-9-15;1-10-3-6-12(7-4-10)13-8-5-11(2)9-14-13;3*1-2-6-10(7-3-1)11-8-4-5-9-12-11;1-4(6)3-5(2)7;;;;/h2*3-6,8-13H,1-2H3;2-10,12-13H,1H3;3-6,8-9H,1-2H3;3*1-6,8-9H;3,6H,1-2H3;;;;/q7*-1;;;;;. The summed E-state index contributed by atoms with van der Waals surface area (Å²) in [5, 5.41) is 8.36. The first kappa shape index (κ1) is 96.9. The molecule has 1 N–H and O–H groups in total. The molecule has 7 heterocycles. The Morgan fingerprint density at radius 2 is 0.592 bits per heavy atom. The van der Waals surface area contributed by atoms with Gasteiger partial charge in [-0.1, -0.05) is 163 Å². The zero-order valence-electron chi connectivity index (χ0n) is 68.1. The number of carbonyl (C=O) groups excluding carboxylic acids is 1. The average molecular weight is 2270 g/mol. The molecular weight excluding hydrogens is 2180 g/mol. The molecule has 17 aromatic rings. The van der Waals surface area contributed by atoms with Crippen LogP contribution in [0.3, 0.4) is 0 Å². The van der Waals surface area contributed by atoms with Gasteiger partial charge in [-0.15, -0.1) is 251 Å². The van der Waals surface area contributed by atoms with Crippen LogP contribution in [0.5, 0.6) is 0 Å². The Labute approximate surface area is 762 Å². The van der Waals surface area contributed by atoms with E-state index in [2.05, 4.69) is 210 Å². The van der Waals surface area contributed by atoms with Crippen LogP contribution in [-0.2, 0) is 85.2 Å². The van der Waals surface area contributed by atoms with Crippen LogP contribution in [-0.4, -0.2) is 45.8 Å². The van der Waals surface area contributed by atoms with E-state index in [9.17, 15) is 4.79 Å². The fraction of sp³-hybridized carbons (Fsp3) is 0.0841. The number of ketones is 1. The first-order valence-corrected chi connectivity index (χ1v) is 38.0. The quantitative estimate of drug-likeness (QED) is 0.0765. The molecule has 0 aliphatic rings. The Hall–Kier alpha value is -11.9. The van der Waals surface area contributed by atoms with Crippen molar-refractivity contribution in [2.45, 2.75) is 62.3 Å². The fourth-order valence-corrected chi connectivity index (χ4v) is 11.9. The Morgan fingerprint density at radius 1 is 0.267 bits per heavy atom. The Kier molecular flexibility index (Phi) is 42.6. The van der Waals surface area contributed by atoms with Gasteiger partial charge in [-0.25, -0.2) is 0 Å². The Morgan fingerprint density at radius 3 is 0.892 bits per heavy atom. The van der Waals surface area contributed by atoms with E-state index in [1.807, 2.05) is 268 Å². The van der Waals surface area contributed by atoms with Gasteiger partial charge < -0.3 is 40.0 Å². The molecule has 0 spiro atoms. The third-order valence-electron chi connectivity index (χ3n) is 17.3. The van der Waals surface area contributed by atoms with Crippen molar-refractivity contribution in [3.63, 3.8) is 0 Å². The minimum absolute atomic E-state index is 0. The van der Waals surface area contributed by atoms with Crippen LogP contribution in [0.15, 0.2) is 383 Å². The van der Waals surface area contributed by atoms with Crippen LogP contribution >= 0.6 is 0 Å². The summed E-state index contributed by atoms with van der Waals surface area (Å²) < 4.78 is 0. The van der Waals surface area contributed by atoms with Gasteiger partial charge in [0.25, 0.3) is 0 Å². The van der Waals surface area contributed by atoms with E-state index in [4.69, 9.17) is 5.11 Å². The van der Waals surface area contributed by atoms with Crippen molar-refractivity contribution >= 4 is 5.78 Å². The second-order valence-electron chi connectivity index (χ2n) is 27.1. The van der Waals surface area contributed by atoms with E-state index in [0.29, 0.717) is 0 Å². The van der Waals surface area contributed by atoms with Gasteiger partial charge in [0.2, 0.25) is 0 Å². The molecular formula is C107H90Ir4N7O2-7. The van der Waals surface area contributed by atoms with Gasteiger partial charge in [0.1, 0.15) is 0 Å². The van der Waals surface area contributed by atoms with Crippen LogP contribution in [0.25, 0.3) is 112 Å². The molecule has 0 bridgehead atoms. The molecule has 0 aliphatic carbocycles. The number of aromatic nitrogens is 7. The summed E-state index contributed by atoms with van der Waals surface area (Å²) in [5.74, 6) is -0.0625. The minimum atomic E-state index is -0.125. The number of aryl methyl sites for hydroxylation is 7. The molecule has 0 amide bonds. The van der Waals surface area contributed by atoms with Crippen LogP contribution < -0.4 is 0 Å². The summed E-state index contributed by atoms with van der Waals surface area (Å²) in [5.41, 5.74) is 30.1. The summed E-state index contributed by atoms with van der Waals surface area (Å²) in [6.45, 7) is 17.6. The van der Waals surface area contributed by atoms with E-state index in [1.165, 1.54) is 92.2 Å². The van der Waals surface area contributed by atoms with Crippen molar-refractivity contribution in [3.8, 4) is 112 Å². The first-order chi connectivity index (χ1) is 56.6. The van der Waals surface area contributed by atoms with Gasteiger partial charge in [0, 0.05) is 135 Å². The smallest absolute Gasteiger partial charge is 0.155 e. The summed E-state index contributed by atoms with van der Waals surface area (Å²) in [7, 11) is 0. The molecule has 608 valence electrons. The summed E-state index contributed by atoms with van der Waals surface area (Å²) in [6.07, 6.45) is 14.1. The largest absolute Gasteiger partial charge is 0.512 e. The summed E-state index contributed by atoms with van der Waals surface area (Å²) in [6, 6.07) is 131. The number of carbonyl (C=O) groups is 1. The van der Waals surface area contributed by atoms with E-state index >= 15 is 0 Å². The van der Waals surface area contributed by atoms with Crippen molar-refractivity contribution in [2.75, 3.05) is 0 Å². The zero-order chi connectivity index (χ0) is 81.5. The SMILES string of the molecule is CC(=O)C=C(C)O.Cc1c[c-]c(-c2ccc(C)cn2)cc1.Cc1cc(-c2[c-]cccc2)ncc1-c1ccccc1.Cc1cc(C)cc(-c2ccnc(-c3[c-]cccc3)c2)c1.Cc1cc(C)cc(-c2ccnc(-c3[c-]cccc3)c2)c1.[Ir].[Ir].[Ir].[Ir].[c-]1ccccc1-c1ccccn1.[c-]1ccccc1-c1ccccn1.[c-]1ccccc1-c1ccccn1. The van der Waals surface area contributed by atoms with Gasteiger partial charge in [-0.05, 0) is 165 Å². The van der Waals surface area contributed by atoms with Gasteiger partial charge in [-0.2, -0.15) is 0 Å². The van der Waals surface area contributed by atoms with E-state index < -0.39 is 0 Å². The minimum Gasteiger partial charge on any atom is -0.512 e. The number of benzene rings is 10. The third kappa shape index (κ3) is 32.7. The second-order valence-corrected chi connectivity index (χ2v) is 27.1. The number of hydrogen-bond donors (Lipinski definition) is 1. The van der Waals surface area contributed by atoms with Crippen molar-refractivity contribution < 1.29 is 90.3 Å². The number of aliphatic hydroxyl groups is 1. The normalized spacial score (nSPS) is 9.89. The maximum absolute atomic E-state index is 10.0. The molecule has 0 atom stereocenters. The maximum atomic E-state index is 10.0. The molecule has 10 aromatic carbocycles. The van der Waals surface area contributed by atoms with Crippen LogP contribution in [0, 0.1) is 90.9 Å².